The van der Waals surface area contributed by atoms with E-state index in [1.807, 2.05) is 0 Å². The molecular formula is C17H25NO. The number of hydrogen-bond donors (Lipinski definition) is 0. The molecule has 2 heteroatoms. The van der Waals surface area contributed by atoms with E-state index in [1.165, 1.54) is 22.3 Å². The first-order valence-electron chi connectivity index (χ1n) is 7.12. The Bertz CT molecular complexity index is 479. The summed E-state index contributed by atoms with van der Waals surface area (Å²) in [7, 11) is 0. The van der Waals surface area contributed by atoms with E-state index < -0.39 is 0 Å². The molecule has 2 nitrogen and oxygen atoms in total. The number of ketones is 1. The summed E-state index contributed by atoms with van der Waals surface area (Å²) in [6.45, 7) is 13.1. The van der Waals surface area contributed by atoms with Crippen LogP contribution in [-0.2, 0) is 11.3 Å². The van der Waals surface area contributed by atoms with Gasteiger partial charge in [-0.25, -0.2) is 0 Å². The molecule has 1 aromatic carbocycles. The molecule has 1 fully saturated rings. The zero-order chi connectivity index (χ0) is 14.2. The van der Waals surface area contributed by atoms with Crippen LogP contribution in [0, 0.1) is 26.2 Å². The van der Waals surface area contributed by atoms with E-state index in [1.54, 1.807) is 0 Å². The van der Waals surface area contributed by atoms with E-state index in [0.29, 0.717) is 12.3 Å². The van der Waals surface area contributed by atoms with Crippen molar-refractivity contribution in [1.82, 2.24) is 4.90 Å². The molecule has 0 aliphatic carbocycles. The lowest BCUT2D eigenvalue weighted by atomic mass is 9.81. The zero-order valence-corrected chi connectivity index (χ0v) is 12.8. The van der Waals surface area contributed by atoms with Gasteiger partial charge in [0, 0.05) is 12.0 Å². The van der Waals surface area contributed by atoms with Crippen LogP contribution in [0.4, 0.5) is 0 Å². The largest absolute Gasteiger partial charge is 0.298 e. The van der Waals surface area contributed by atoms with E-state index in [0.717, 1.165) is 19.5 Å². The molecule has 0 amide bonds. The highest BCUT2D eigenvalue weighted by molar-refractivity contribution is 5.86. The van der Waals surface area contributed by atoms with E-state index in [4.69, 9.17) is 0 Å². The molecule has 2 rings (SSSR count). The summed E-state index contributed by atoms with van der Waals surface area (Å²) < 4.78 is 0. The molecule has 0 bridgehead atoms. The van der Waals surface area contributed by atoms with Crippen molar-refractivity contribution < 1.29 is 4.79 Å². The van der Waals surface area contributed by atoms with Gasteiger partial charge in [0.05, 0.1) is 6.54 Å². The number of rotatable bonds is 2. The Labute approximate surface area is 116 Å². The highest BCUT2D eigenvalue weighted by atomic mass is 16.1. The first kappa shape index (κ1) is 14.3. The van der Waals surface area contributed by atoms with Crippen LogP contribution in [0.15, 0.2) is 12.1 Å². The third-order valence-electron chi connectivity index (χ3n) is 4.40. The third-order valence-corrected chi connectivity index (χ3v) is 4.40. The molecule has 1 aliphatic rings. The maximum absolute atomic E-state index is 12.1. The number of piperidine rings is 1. The Morgan fingerprint density at radius 3 is 2.26 bits per heavy atom. The number of nitrogens with zero attached hydrogens (tertiary/aromatic N) is 1. The summed E-state index contributed by atoms with van der Waals surface area (Å²) in [6, 6.07) is 4.47. The fourth-order valence-corrected chi connectivity index (χ4v) is 2.89. The molecule has 0 N–H and O–H groups in total. The van der Waals surface area contributed by atoms with E-state index in [-0.39, 0.29) is 5.41 Å². The molecule has 104 valence electrons. The number of benzene rings is 1. The van der Waals surface area contributed by atoms with E-state index >= 15 is 0 Å². The summed E-state index contributed by atoms with van der Waals surface area (Å²) in [6.07, 6.45) is 0.968. The number of carbonyl (C=O) groups is 1. The second kappa shape index (κ2) is 5.09. The third kappa shape index (κ3) is 3.06. The van der Waals surface area contributed by atoms with Crippen LogP contribution in [0.5, 0.6) is 0 Å². The summed E-state index contributed by atoms with van der Waals surface area (Å²) in [5, 5.41) is 0. The number of likely N-dealkylation sites (tertiary alicyclic amines) is 1. The van der Waals surface area contributed by atoms with Crippen LogP contribution < -0.4 is 0 Å². The minimum atomic E-state index is -0.131. The predicted octanol–water partition coefficient (Wildman–Crippen LogP) is 3.41. The minimum absolute atomic E-state index is 0.131. The van der Waals surface area contributed by atoms with Crippen molar-refractivity contribution in [2.24, 2.45) is 5.41 Å². The molecule has 0 atom stereocenters. The Kier molecular flexibility index (Phi) is 3.82. The minimum Gasteiger partial charge on any atom is -0.298 e. The zero-order valence-electron chi connectivity index (χ0n) is 12.8. The van der Waals surface area contributed by atoms with Gasteiger partial charge in [-0.1, -0.05) is 31.5 Å². The Morgan fingerprint density at radius 1 is 1.16 bits per heavy atom. The van der Waals surface area contributed by atoms with Crippen molar-refractivity contribution in [3.63, 3.8) is 0 Å². The van der Waals surface area contributed by atoms with Crippen molar-refractivity contribution in [3.05, 3.63) is 34.4 Å². The summed E-state index contributed by atoms with van der Waals surface area (Å²) >= 11 is 0. The molecule has 1 aliphatic heterocycles. The van der Waals surface area contributed by atoms with Crippen LogP contribution in [0.2, 0.25) is 0 Å². The van der Waals surface area contributed by atoms with Gasteiger partial charge in [-0.15, -0.1) is 0 Å². The molecule has 0 saturated carbocycles. The fourth-order valence-electron chi connectivity index (χ4n) is 2.89. The first-order chi connectivity index (χ1) is 8.79. The molecule has 1 aromatic rings. The Balaban J connectivity index is 2.13. The van der Waals surface area contributed by atoms with Gasteiger partial charge in [-0.05, 0) is 50.4 Å². The number of Topliss-reactive ketones (excluding diaryl/α,β-unsaturated/α-hetero) is 1. The van der Waals surface area contributed by atoms with Crippen LogP contribution >= 0.6 is 0 Å². The van der Waals surface area contributed by atoms with Crippen LogP contribution in [-0.4, -0.2) is 23.8 Å². The van der Waals surface area contributed by atoms with Gasteiger partial charge in [0.1, 0.15) is 0 Å². The summed E-state index contributed by atoms with van der Waals surface area (Å²) in [5.41, 5.74) is 5.26. The van der Waals surface area contributed by atoms with Gasteiger partial charge in [-0.3, -0.25) is 9.69 Å². The lowest BCUT2D eigenvalue weighted by molar-refractivity contribution is -0.132. The van der Waals surface area contributed by atoms with Crippen molar-refractivity contribution in [1.29, 1.82) is 0 Å². The quantitative estimate of drug-likeness (QED) is 0.811. The van der Waals surface area contributed by atoms with Gasteiger partial charge in [-0.2, -0.15) is 0 Å². The highest BCUT2D eigenvalue weighted by Crippen LogP contribution is 2.28. The lowest BCUT2D eigenvalue weighted by Crippen LogP contribution is -2.44. The maximum Gasteiger partial charge on any atom is 0.152 e. The molecule has 0 radical (unpaired) electrons. The van der Waals surface area contributed by atoms with Crippen LogP contribution in [0.25, 0.3) is 0 Å². The standard InChI is InChI=1S/C17H25NO/c1-12-8-13(2)15(14(3)9-12)10-18-7-6-17(4,5)16(19)11-18/h8-9H,6-7,10-11H2,1-5H3. The average molecular weight is 259 g/mol. The maximum atomic E-state index is 12.1. The molecule has 0 unspecified atom stereocenters. The Hall–Kier alpha value is -1.15. The summed E-state index contributed by atoms with van der Waals surface area (Å²) in [4.78, 5) is 14.4. The van der Waals surface area contributed by atoms with E-state index in [2.05, 4.69) is 51.7 Å². The monoisotopic (exact) mass is 259 g/mol. The fraction of sp³-hybridized carbons (Fsp3) is 0.588. The lowest BCUT2D eigenvalue weighted by Gasteiger charge is -2.36. The van der Waals surface area contributed by atoms with E-state index in [9.17, 15) is 4.79 Å². The van der Waals surface area contributed by atoms with Crippen LogP contribution in [0.3, 0.4) is 0 Å². The first-order valence-corrected chi connectivity index (χ1v) is 7.12. The smallest absolute Gasteiger partial charge is 0.152 e. The van der Waals surface area contributed by atoms with Gasteiger partial charge < -0.3 is 0 Å². The Morgan fingerprint density at radius 2 is 1.74 bits per heavy atom. The number of hydrogen-bond acceptors (Lipinski definition) is 2. The normalized spacial score (nSPS) is 19.7. The second-order valence-electron chi connectivity index (χ2n) is 6.64. The van der Waals surface area contributed by atoms with Gasteiger partial charge in [0.15, 0.2) is 5.78 Å². The summed E-state index contributed by atoms with van der Waals surface area (Å²) in [5.74, 6) is 0.376. The van der Waals surface area contributed by atoms with Crippen molar-refractivity contribution in [2.45, 2.75) is 47.6 Å². The SMILES string of the molecule is Cc1cc(C)c(CN2CCC(C)(C)C(=O)C2)c(C)c1. The van der Waals surface area contributed by atoms with Crippen molar-refractivity contribution >= 4 is 5.78 Å². The topological polar surface area (TPSA) is 20.3 Å². The van der Waals surface area contributed by atoms with Crippen molar-refractivity contribution in [2.75, 3.05) is 13.1 Å². The second-order valence-corrected chi connectivity index (χ2v) is 6.64. The molecular weight excluding hydrogens is 234 g/mol. The molecule has 19 heavy (non-hydrogen) atoms. The van der Waals surface area contributed by atoms with Crippen LogP contribution in [0.1, 0.15) is 42.5 Å². The predicted molar refractivity (Wildman–Crippen MR) is 79.3 cm³/mol. The number of carbonyl (C=O) groups excluding carboxylic acids is 1. The van der Waals surface area contributed by atoms with Gasteiger partial charge in [0.25, 0.3) is 0 Å². The van der Waals surface area contributed by atoms with Gasteiger partial charge in [0.2, 0.25) is 0 Å². The molecule has 0 spiro atoms. The molecule has 1 saturated heterocycles. The molecule has 0 aromatic heterocycles. The highest BCUT2D eigenvalue weighted by Gasteiger charge is 2.33. The van der Waals surface area contributed by atoms with Crippen molar-refractivity contribution in [3.8, 4) is 0 Å². The molecule has 1 heterocycles. The number of aryl methyl sites for hydroxylation is 3. The average Bonchev–Trinajstić information content (AvgIpc) is 2.28. The van der Waals surface area contributed by atoms with Gasteiger partial charge >= 0.3 is 0 Å².